The van der Waals surface area contributed by atoms with E-state index in [1.165, 1.54) is 25.7 Å². The first kappa shape index (κ1) is 29.8. The molecule has 1 atom stereocenters. The van der Waals surface area contributed by atoms with E-state index in [1.54, 1.807) is 0 Å². The minimum atomic E-state index is -4.60. The Bertz CT molecular complexity index is 570. The normalized spacial score (nSPS) is 13.5. The van der Waals surface area contributed by atoms with Gasteiger partial charge in [-0.15, -0.1) is 0 Å². The number of hydrogen-bond acceptors (Lipinski definition) is 4. The lowest BCUT2D eigenvalue weighted by Crippen LogP contribution is -2.34. The first-order valence-electron chi connectivity index (χ1n) is 11.4. The van der Waals surface area contributed by atoms with Crippen LogP contribution in [0.2, 0.25) is 0 Å². The van der Waals surface area contributed by atoms with Crippen molar-refractivity contribution in [2.45, 2.75) is 90.1 Å². The van der Waals surface area contributed by atoms with Gasteiger partial charge in [0.15, 0.2) is 0 Å². The van der Waals surface area contributed by atoms with Gasteiger partial charge in [-0.3, -0.25) is 9.32 Å². The van der Waals surface area contributed by atoms with Crippen LogP contribution >= 0.6 is 7.82 Å². The van der Waals surface area contributed by atoms with Crippen molar-refractivity contribution in [3.05, 3.63) is 36.5 Å². The first-order chi connectivity index (χ1) is 14.8. The molecule has 0 heterocycles. The van der Waals surface area contributed by atoms with Gasteiger partial charge < -0.3 is 20.2 Å². The third-order valence-corrected chi connectivity index (χ3v) is 5.00. The molecule has 7 nitrogen and oxygen atoms in total. The maximum absolute atomic E-state index is 11.7. The summed E-state index contributed by atoms with van der Waals surface area (Å²) in [5.41, 5.74) is 0. The van der Waals surface area contributed by atoms with Gasteiger partial charge in [-0.05, 0) is 44.9 Å². The molecular formula is C23H42NO6P. The van der Waals surface area contributed by atoms with E-state index in [0.29, 0.717) is 6.42 Å². The number of aliphatic hydroxyl groups excluding tert-OH is 1. The third-order valence-electron chi connectivity index (χ3n) is 4.51. The molecule has 0 spiro atoms. The number of carbonyl (C=O) groups excluding carboxylic acids is 1. The zero-order chi connectivity index (χ0) is 23.2. The number of rotatable bonds is 20. The number of carbonyl (C=O) groups is 1. The second-order valence-corrected chi connectivity index (χ2v) is 8.82. The van der Waals surface area contributed by atoms with Crippen LogP contribution in [0.5, 0.6) is 0 Å². The number of phosphoric acid groups is 1. The van der Waals surface area contributed by atoms with Crippen LogP contribution in [0.3, 0.4) is 0 Å². The molecule has 0 saturated heterocycles. The van der Waals surface area contributed by atoms with Gasteiger partial charge in [0, 0.05) is 13.0 Å². The molecule has 0 radical (unpaired) electrons. The molecule has 4 N–H and O–H groups in total. The molecule has 0 aliphatic carbocycles. The van der Waals surface area contributed by atoms with Crippen molar-refractivity contribution in [2.24, 2.45) is 0 Å². The average Bonchev–Trinajstić information content (AvgIpc) is 2.72. The molecule has 0 saturated carbocycles. The molecule has 0 fully saturated rings. The number of unbranched alkanes of at least 4 members (excludes halogenated alkanes) is 7. The Kier molecular flexibility index (Phi) is 19.8. The van der Waals surface area contributed by atoms with E-state index < -0.39 is 20.5 Å². The molecule has 0 bridgehead atoms. The van der Waals surface area contributed by atoms with Crippen LogP contribution in [0, 0.1) is 0 Å². The van der Waals surface area contributed by atoms with Gasteiger partial charge >= 0.3 is 7.82 Å². The maximum atomic E-state index is 11.7. The first-order valence-corrected chi connectivity index (χ1v) is 13.0. The minimum Gasteiger partial charge on any atom is -0.389 e. The predicted octanol–water partition coefficient (Wildman–Crippen LogP) is 4.94. The Morgan fingerprint density at radius 1 is 0.903 bits per heavy atom. The van der Waals surface area contributed by atoms with Crippen molar-refractivity contribution in [1.82, 2.24) is 5.32 Å². The number of allylic oxidation sites excluding steroid dienone is 6. The fourth-order valence-corrected chi connectivity index (χ4v) is 3.12. The second kappa shape index (κ2) is 20.7. The largest absolute Gasteiger partial charge is 0.469 e. The summed E-state index contributed by atoms with van der Waals surface area (Å²) < 4.78 is 14.7. The van der Waals surface area contributed by atoms with Crippen molar-refractivity contribution in [3.63, 3.8) is 0 Å². The van der Waals surface area contributed by atoms with Gasteiger partial charge in [-0.2, -0.15) is 0 Å². The Labute approximate surface area is 187 Å². The SMILES string of the molecule is CCCCC/C=C\C/C=C\C/C=C\CCCCCCC(=O)NCC(O)COP(=O)(O)O. The molecule has 0 rings (SSSR count). The van der Waals surface area contributed by atoms with Gasteiger partial charge in [0.2, 0.25) is 5.91 Å². The summed E-state index contributed by atoms with van der Waals surface area (Å²) in [5, 5.41) is 12.0. The summed E-state index contributed by atoms with van der Waals surface area (Å²) in [4.78, 5) is 28.8. The molecule has 1 amide bonds. The Balaban J connectivity index is 3.49. The lowest BCUT2D eigenvalue weighted by Gasteiger charge is -2.12. The predicted molar refractivity (Wildman–Crippen MR) is 126 cm³/mol. The fourth-order valence-electron chi connectivity index (χ4n) is 2.75. The molecule has 0 aliphatic rings. The molecule has 1 unspecified atom stereocenters. The highest BCUT2D eigenvalue weighted by Gasteiger charge is 2.17. The highest BCUT2D eigenvalue weighted by atomic mass is 31.2. The number of nitrogens with one attached hydrogen (secondary N) is 1. The zero-order valence-corrected chi connectivity index (χ0v) is 19.8. The molecule has 0 aromatic heterocycles. The average molecular weight is 460 g/mol. The summed E-state index contributed by atoms with van der Waals surface area (Å²) in [6, 6.07) is 0. The highest BCUT2D eigenvalue weighted by Crippen LogP contribution is 2.35. The second-order valence-electron chi connectivity index (χ2n) is 7.58. The van der Waals surface area contributed by atoms with Gasteiger partial charge in [-0.1, -0.05) is 69.1 Å². The number of amides is 1. The topological polar surface area (TPSA) is 116 Å². The van der Waals surface area contributed by atoms with Crippen molar-refractivity contribution in [1.29, 1.82) is 0 Å². The molecule has 31 heavy (non-hydrogen) atoms. The van der Waals surface area contributed by atoms with E-state index in [-0.39, 0.29) is 12.5 Å². The lowest BCUT2D eigenvalue weighted by atomic mass is 10.1. The van der Waals surface area contributed by atoms with E-state index in [0.717, 1.165) is 44.9 Å². The molecule has 0 aromatic rings. The van der Waals surface area contributed by atoms with Crippen LogP contribution in [0.4, 0.5) is 0 Å². The Morgan fingerprint density at radius 3 is 2.03 bits per heavy atom. The summed E-state index contributed by atoms with van der Waals surface area (Å²) in [6.07, 6.45) is 24.5. The standard InChI is InChI=1S/C23H42NO6P/c1-2-3-4-5-6-7-8-9-10-11-12-13-14-15-16-17-18-19-23(26)24-20-22(25)21-30-31(27,28)29/h6-7,9-10,12-13,22,25H,2-5,8,11,14-21H2,1H3,(H,24,26)(H2,27,28,29)/b7-6-,10-9-,13-12-. The van der Waals surface area contributed by atoms with Crippen LogP contribution in [0.1, 0.15) is 84.0 Å². The van der Waals surface area contributed by atoms with Crippen LogP contribution in [0.25, 0.3) is 0 Å². The summed E-state index contributed by atoms with van der Waals surface area (Å²) in [5.74, 6) is -0.183. The fraction of sp³-hybridized carbons (Fsp3) is 0.696. The highest BCUT2D eigenvalue weighted by molar-refractivity contribution is 7.46. The number of phosphoric ester groups is 1. The molecular weight excluding hydrogens is 417 g/mol. The van der Waals surface area contributed by atoms with Gasteiger partial charge in [0.05, 0.1) is 12.7 Å². The summed E-state index contributed by atoms with van der Waals surface area (Å²) in [7, 11) is -4.60. The van der Waals surface area contributed by atoms with E-state index in [4.69, 9.17) is 9.79 Å². The molecule has 0 aliphatic heterocycles. The van der Waals surface area contributed by atoms with E-state index >= 15 is 0 Å². The lowest BCUT2D eigenvalue weighted by molar-refractivity contribution is -0.121. The van der Waals surface area contributed by atoms with E-state index in [9.17, 15) is 14.5 Å². The number of hydrogen-bond donors (Lipinski definition) is 4. The van der Waals surface area contributed by atoms with Crippen molar-refractivity contribution in [2.75, 3.05) is 13.2 Å². The van der Waals surface area contributed by atoms with Crippen LogP contribution in [0.15, 0.2) is 36.5 Å². The Hall–Kier alpha value is -1.24. The zero-order valence-electron chi connectivity index (χ0n) is 19.0. The minimum absolute atomic E-state index is 0.0900. The quantitative estimate of drug-likeness (QED) is 0.116. The van der Waals surface area contributed by atoms with E-state index in [2.05, 4.69) is 53.2 Å². The summed E-state index contributed by atoms with van der Waals surface area (Å²) in [6.45, 7) is 1.61. The third kappa shape index (κ3) is 24.9. The van der Waals surface area contributed by atoms with Gasteiger partial charge in [0.1, 0.15) is 0 Å². The monoisotopic (exact) mass is 459 g/mol. The van der Waals surface area contributed by atoms with Crippen LogP contribution < -0.4 is 5.32 Å². The van der Waals surface area contributed by atoms with Gasteiger partial charge in [-0.25, -0.2) is 4.57 Å². The van der Waals surface area contributed by atoms with Crippen molar-refractivity contribution >= 4 is 13.7 Å². The molecule has 8 heteroatoms. The van der Waals surface area contributed by atoms with Gasteiger partial charge in [0.25, 0.3) is 0 Å². The molecule has 180 valence electrons. The smallest absolute Gasteiger partial charge is 0.389 e. The van der Waals surface area contributed by atoms with Crippen LogP contribution in [-0.2, 0) is 13.9 Å². The summed E-state index contributed by atoms with van der Waals surface area (Å²) >= 11 is 0. The van der Waals surface area contributed by atoms with E-state index in [1.807, 2.05) is 0 Å². The Morgan fingerprint density at radius 2 is 1.45 bits per heavy atom. The van der Waals surface area contributed by atoms with Crippen LogP contribution in [-0.4, -0.2) is 40.1 Å². The van der Waals surface area contributed by atoms with Crippen molar-refractivity contribution < 1.29 is 28.8 Å². The molecule has 0 aromatic carbocycles. The maximum Gasteiger partial charge on any atom is 0.469 e. The van der Waals surface area contributed by atoms with Crippen molar-refractivity contribution in [3.8, 4) is 0 Å². The number of aliphatic hydroxyl groups is 1.